The minimum Gasteiger partial charge on any atom is -0.426 e. The maximum absolute atomic E-state index is 12.4. The van der Waals surface area contributed by atoms with Crippen molar-refractivity contribution in [1.82, 2.24) is 9.97 Å². The van der Waals surface area contributed by atoms with Crippen LogP contribution in [-0.2, 0) is 22.3 Å². The van der Waals surface area contributed by atoms with Crippen molar-refractivity contribution < 1.29 is 14.3 Å². The molecule has 0 aliphatic rings. The van der Waals surface area contributed by atoms with E-state index in [9.17, 15) is 4.79 Å². The average Bonchev–Trinajstić information content (AvgIpc) is 2.76. The SMILES string of the molecule is CCCCc1ccc(C(=O)OC(N)(CN)OC(=S)c2ccc(CCCC)cn2)nc1. The van der Waals surface area contributed by atoms with Gasteiger partial charge in [0.1, 0.15) is 11.4 Å². The van der Waals surface area contributed by atoms with Crippen LogP contribution in [0.15, 0.2) is 36.7 Å². The van der Waals surface area contributed by atoms with E-state index < -0.39 is 11.9 Å². The van der Waals surface area contributed by atoms with Gasteiger partial charge in [-0.3, -0.25) is 10.7 Å². The molecule has 7 nitrogen and oxygen atoms in total. The Kier molecular flexibility index (Phi) is 9.29. The number of esters is 1. The molecule has 0 aliphatic heterocycles. The monoisotopic (exact) mass is 430 g/mol. The molecule has 0 aromatic carbocycles. The van der Waals surface area contributed by atoms with Crippen molar-refractivity contribution in [1.29, 1.82) is 0 Å². The van der Waals surface area contributed by atoms with E-state index in [1.165, 1.54) is 0 Å². The molecular weight excluding hydrogens is 400 g/mol. The van der Waals surface area contributed by atoms with Crippen LogP contribution in [-0.4, -0.2) is 33.4 Å². The van der Waals surface area contributed by atoms with Crippen LogP contribution < -0.4 is 11.5 Å². The third-order valence-corrected chi connectivity index (χ3v) is 4.81. The molecular formula is C22H30N4O3S. The molecule has 30 heavy (non-hydrogen) atoms. The summed E-state index contributed by atoms with van der Waals surface area (Å²) in [7, 11) is 0. The molecule has 2 aromatic heterocycles. The van der Waals surface area contributed by atoms with E-state index in [1.807, 2.05) is 12.1 Å². The highest BCUT2D eigenvalue weighted by Gasteiger charge is 2.33. The van der Waals surface area contributed by atoms with Crippen molar-refractivity contribution in [2.45, 2.75) is 58.3 Å². The molecule has 0 bridgehead atoms. The standard InChI is InChI=1S/C22H30N4O3S/c1-3-5-7-16-9-11-18(25-13-16)20(27)28-22(24,15-23)29-21(30)19-12-10-17(14-26-19)8-6-4-2/h9-14H,3-8,15,23-24H2,1-2H3. The van der Waals surface area contributed by atoms with Gasteiger partial charge in [0.2, 0.25) is 5.05 Å². The first-order valence-electron chi connectivity index (χ1n) is 10.3. The third kappa shape index (κ3) is 7.12. The fraction of sp³-hybridized carbons (Fsp3) is 0.455. The van der Waals surface area contributed by atoms with Crippen molar-refractivity contribution in [2.75, 3.05) is 6.54 Å². The molecule has 8 heteroatoms. The summed E-state index contributed by atoms with van der Waals surface area (Å²) in [6, 6.07) is 7.13. The minimum absolute atomic E-state index is 0.000615. The van der Waals surface area contributed by atoms with E-state index in [2.05, 4.69) is 23.8 Å². The molecule has 1 unspecified atom stereocenters. The van der Waals surface area contributed by atoms with Crippen molar-refractivity contribution in [3.05, 3.63) is 59.2 Å². The largest absolute Gasteiger partial charge is 0.426 e. The predicted molar refractivity (Wildman–Crippen MR) is 120 cm³/mol. The molecule has 162 valence electrons. The van der Waals surface area contributed by atoms with Gasteiger partial charge in [0.05, 0.1) is 6.54 Å². The zero-order chi connectivity index (χ0) is 22.0. The Hall–Kier alpha value is -2.42. The molecule has 0 fully saturated rings. The average molecular weight is 431 g/mol. The van der Waals surface area contributed by atoms with Gasteiger partial charge >= 0.3 is 11.9 Å². The minimum atomic E-state index is -1.92. The number of aromatic nitrogens is 2. The number of aryl methyl sites for hydroxylation is 2. The van der Waals surface area contributed by atoms with Crippen LogP contribution in [0.1, 0.15) is 66.8 Å². The van der Waals surface area contributed by atoms with Gasteiger partial charge in [-0.15, -0.1) is 0 Å². The number of nitrogens with two attached hydrogens (primary N) is 2. The lowest BCUT2D eigenvalue weighted by Crippen LogP contribution is -2.54. The van der Waals surface area contributed by atoms with Gasteiger partial charge < -0.3 is 15.2 Å². The number of thiocarbonyl (C=S) groups is 1. The summed E-state index contributed by atoms with van der Waals surface area (Å²) in [5.74, 6) is -2.66. The van der Waals surface area contributed by atoms with Crippen molar-refractivity contribution in [2.24, 2.45) is 11.5 Å². The predicted octanol–water partition coefficient (Wildman–Crippen LogP) is 3.28. The number of ether oxygens (including phenoxy) is 2. The lowest BCUT2D eigenvalue weighted by molar-refractivity contribution is -0.139. The molecule has 4 N–H and O–H groups in total. The summed E-state index contributed by atoms with van der Waals surface area (Å²) < 4.78 is 10.8. The quantitative estimate of drug-likeness (QED) is 0.317. The fourth-order valence-corrected chi connectivity index (χ4v) is 2.93. The second-order valence-corrected chi connectivity index (χ2v) is 7.48. The van der Waals surface area contributed by atoms with E-state index in [4.69, 9.17) is 33.2 Å². The van der Waals surface area contributed by atoms with Crippen molar-refractivity contribution >= 4 is 23.2 Å². The van der Waals surface area contributed by atoms with Crippen LogP contribution in [0.4, 0.5) is 0 Å². The van der Waals surface area contributed by atoms with Gasteiger partial charge in [0, 0.05) is 12.4 Å². The zero-order valence-electron chi connectivity index (χ0n) is 17.6. The highest BCUT2D eigenvalue weighted by Crippen LogP contribution is 2.14. The highest BCUT2D eigenvalue weighted by molar-refractivity contribution is 7.80. The summed E-state index contributed by atoms with van der Waals surface area (Å²) in [5.41, 5.74) is 14.4. The van der Waals surface area contributed by atoms with Crippen LogP contribution in [0.25, 0.3) is 0 Å². The maximum atomic E-state index is 12.4. The number of hydrogen-bond acceptors (Lipinski definition) is 8. The molecule has 0 spiro atoms. The summed E-state index contributed by atoms with van der Waals surface area (Å²) in [4.78, 5) is 20.9. The molecule has 2 heterocycles. The molecule has 0 saturated carbocycles. The Morgan fingerprint density at radius 3 is 1.93 bits per heavy atom. The molecule has 0 amide bonds. The number of hydrogen-bond donors (Lipinski definition) is 2. The van der Waals surface area contributed by atoms with Gasteiger partial charge in [-0.1, -0.05) is 38.8 Å². The first-order chi connectivity index (χ1) is 14.4. The highest BCUT2D eigenvalue weighted by atomic mass is 32.1. The van der Waals surface area contributed by atoms with Gasteiger partial charge in [0.25, 0.3) is 0 Å². The lowest BCUT2D eigenvalue weighted by atomic mass is 10.1. The Balaban J connectivity index is 2.00. The number of carbonyl (C=O) groups excluding carboxylic acids is 1. The Morgan fingerprint density at radius 2 is 1.50 bits per heavy atom. The van der Waals surface area contributed by atoms with E-state index >= 15 is 0 Å². The van der Waals surface area contributed by atoms with Crippen LogP contribution in [0.5, 0.6) is 0 Å². The van der Waals surface area contributed by atoms with E-state index in [0.29, 0.717) is 5.69 Å². The topological polar surface area (TPSA) is 113 Å². The summed E-state index contributed by atoms with van der Waals surface area (Å²) in [6.07, 6.45) is 9.60. The van der Waals surface area contributed by atoms with E-state index in [1.54, 1.807) is 24.5 Å². The van der Waals surface area contributed by atoms with Crippen LogP contribution >= 0.6 is 12.2 Å². The number of pyridine rings is 2. The van der Waals surface area contributed by atoms with Crippen LogP contribution in [0, 0.1) is 0 Å². The Bertz CT molecular complexity index is 760. The van der Waals surface area contributed by atoms with Gasteiger partial charge in [-0.25, -0.2) is 9.78 Å². The second-order valence-electron chi connectivity index (χ2n) is 7.11. The normalized spacial score (nSPS) is 12.8. The molecule has 0 saturated heterocycles. The smallest absolute Gasteiger partial charge is 0.361 e. The summed E-state index contributed by atoms with van der Waals surface area (Å²) in [6.45, 7) is 3.96. The lowest BCUT2D eigenvalue weighted by Gasteiger charge is -2.28. The van der Waals surface area contributed by atoms with Crippen LogP contribution in [0.2, 0.25) is 0 Å². The molecule has 2 aromatic rings. The van der Waals surface area contributed by atoms with E-state index in [-0.39, 0.29) is 17.3 Å². The molecule has 1 atom stereocenters. The second kappa shape index (κ2) is 11.7. The maximum Gasteiger partial charge on any atom is 0.361 e. The first kappa shape index (κ1) is 23.9. The number of unbranched alkanes of at least 4 members (excludes halogenated alkanes) is 2. The summed E-state index contributed by atoms with van der Waals surface area (Å²) in [5, 5.41) is 0.000615. The van der Waals surface area contributed by atoms with Crippen molar-refractivity contribution in [3.63, 3.8) is 0 Å². The Morgan fingerprint density at radius 1 is 0.967 bits per heavy atom. The van der Waals surface area contributed by atoms with Crippen LogP contribution in [0.3, 0.4) is 0 Å². The number of rotatable bonds is 11. The Labute approximate surface area is 183 Å². The molecule has 0 radical (unpaired) electrons. The van der Waals surface area contributed by atoms with Gasteiger partial charge in [0.15, 0.2) is 0 Å². The zero-order valence-corrected chi connectivity index (χ0v) is 18.4. The number of nitrogens with zero attached hydrogens (tertiary/aromatic N) is 2. The third-order valence-electron chi connectivity index (χ3n) is 4.52. The van der Waals surface area contributed by atoms with Crippen molar-refractivity contribution in [3.8, 4) is 0 Å². The van der Waals surface area contributed by atoms with Gasteiger partial charge in [-0.05, 0) is 61.2 Å². The molecule has 0 aliphatic carbocycles. The number of carbonyl (C=O) groups is 1. The fourth-order valence-electron chi connectivity index (χ4n) is 2.67. The molecule has 2 rings (SSSR count). The first-order valence-corrected chi connectivity index (χ1v) is 10.7. The van der Waals surface area contributed by atoms with Gasteiger partial charge in [-0.2, -0.15) is 0 Å². The van der Waals surface area contributed by atoms with E-state index in [0.717, 1.165) is 49.7 Å². The summed E-state index contributed by atoms with van der Waals surface area (Å²) >= 11 is 5.27.